The van der Waals surface area contributed by atoms with Gasteiger partial charge in [-0.3, -0.25) is 9.59 Å². The van der Waals surface area contributed by atoms with Gasteiger partial charge in [-0.1, -0.05) is 20.8 Å². The second-order valence-electron chi connectivity index (χ2n) is 12.2. The van der Waals surface area contributed by atoms with E-state index in [1.807, 2.05) is 5.32 Å². The van der Waals surface area contributed by atoms with Gasteiger partial charge in [0, 0.05) is 19.3 Å². The molecular formula is C26H40F3NO3. The molecule has 0 aromatic carbocycles. The van der Waals surface area contributed by atoms with Crippen molar-refractivity contribution in [1.29, 1.82) is 0 Å². The highest BCUT2D eigenvalue weighted by Crippen LogP contribution is 2.68. The van der Waals surface area contributed by atoms with Crippen LogP contribution in [0.4, 0.5) is 13.2 Å². The van der Waals surface area contributed by atoms with Crippen LogP contribution in [-0.4, -0.2) is 35.6 Å². The number of aliphatic hydroxyl groups is 1. The van der Waals surface area contributed by atoms with E-state index >= 15 is 0 Å². The largest absolute Gasteiger partial charge is 0.405 e. The van der Waals surface area contributed by atoms with Crippen molar-refractivity contribution < 1.29 is 27.9 Å². The Morgan fingerprint density at radius 1 is 1.12 bits per heavy atom. The summed E-state index contributed by atoms with van der Waals surface area (Å²) in [6.45, 7) is 5.60. The second-order valence-corrected chi connectivity index (χ2v) is 12.2. The Morgan fingerprint density at radius 2 is 1.82 bits per heavy atom. The molecule has 7 unspecified atom stereocenters. The predicted molar refractivity (Wildman–Crippen MR) is 119 cm³/mol. The van der Waals surface area contributed by atoms with Gasteiger partial charge < -0.3 is 10.4 Å². The predicted octanol–water partition coefficient (Wildman–Crippen LogP) is 5.28. The molecular weight excluding hydrogens is 431 g/mol. The molecule has 0 aromatic rings. The van der Waals surface area contributed by atoms with Gasteiger partial charge in [0.1, 0.15) is 12.3 Å². The first-order chi connectivity index (χ1) is 15.3. The SMILES string of the molecule is CC(CCC(=O)NCC(F)(F)F)C1CCC2C3C[C@H](O)[C@@H]4CC(=O)CCC4(C)C3CCC12C. The van der Waals surface area contributed by atoms with Gasteiger partial charge in [-0.15, -0.1) is 0 Å². The highest BCUT2D eigenvalue weighted by molar-refractivity contribution is 5.79. The molecule has 0 bridgehead atoms. The van der Waals surface area contributed by atoms with Crippen LogP contribution in [0.25, 0.3) is 0 Å². The molecule has 0 heterocycles. The van der Waals surface area contributed by atoms with Crippen LogP contribution < -0.4 is 5.32 Å². The number of nitrogens with one attached hydrogen (secondary N) is 1. The minimum Gasteiger partial charge on any atom is -0.393 e. The Labute approximate surface area is 195 Å². The average Bonchev–Trinajstić information content (AvgIpc) is 3.09. The number of Topliss-reactive ketones (excluding diaryl/α,β-unsaturated/α-hetero) is 1. The summed E-state index contributed by atoms with van der Waals surface area (Å²) in [6.07, 6.45) is 3.27. The van der Waals surface area contributed by atoms with Gasteiger partial charge in [-0.2, -0.15) is 13.2 Å². The molecule has 4 aliphatic rings. The third-order valence-corrected chi connectivity index (χ3v) is 10.6. The lowest BCUT2D eigenvalue weighted by atomic mass is 9.44. The molecule has 33 heavy (non-hydrogen) atoms. The van der Waals surface area contributed by atoms with E-state index in [1.54, 1.807) is 0 Å². The number of amides is 1. The number of rotatable bonds is 5. The molecule has 0 spiro atoms. The fourth-order valence-corrected chi connectivity index (χ4v) is 8.91. The van der Waals surface area contributed by atoms with Crippen molar-refractivity contribution in [3.63, 3.8) is 0 Å². The van der Waals surface area contributed by atoms with E-state index in [0.717, 1.165) is 38.5 Å². The van der Waals surface area contributed by atoms with Crippen LogP contribution >= 0.6 is 0 Å². The normalized spacial score (nSPS) is 43.9. The van der Waals surface area contributed by atoms with Gasteiger partial charge in [0.15, 0.2) is 0 Å². The number of fused-ring (bicyclic) bond motifs is 5. The minimum atomic E-state index is -4.38. The highest BCUT2D eigenvalue weighted by atomic mass is 19.4. The lowest BCUT2D eigenvalue weighted by Crippen LogP contribution is -2.58. The number of ketones is 1. The summed E-state index contributed by atoms with van der Waals surface area (Å²) in [6, 6.07) is 0. The molecule has 0 saturated heterocycles. The molecule has 1 amide bonds. The summed E-state index contributed by atoms with van der Waals surface area (Å²) in [4.78, 5) is 24.0. The first kappa shape index (κ1) is 25.0. The Kier molecular flexibility index (Phi) is 6.69. The summed E-state index contributed by atoms with van der Waals surface area (Å²) >= 11 is 0. The van der Waals surface area contributed by atoms with Crippen LogP contribution in [0.2, 0.25) is 0 Å². The lowest BCUT2D eigenvalue weighted by Gasteiger charge is -2.61. The molecule has 4 saturated carbocycles. The van der Waals surface area contributed by atoms with Crippen LogP contribution in [0.3, 0.4) is 0 Å². The van der Waals surface area contributed by atoms with E-state index in [2.05, 4.69) is 20.8 Å². The van der Waals surface area contributed by atoms with E-state index in [-0.39, 0.29) is 29.1 Å². The summed E-state index contributed by atoms with van der Waals surface area (Å²) in [5.41, 5.74) is 0.189. The number of carbonyl (C=O) groups is 2. The molecule has 4 aliphatic carbocycles. The monoisotopic (exact) mass is 471 g/mol. The quantitative estimate of drug-likeness (QED) is 0.573. The van der Waals surface area contributed by atoms with Crippen molar-refractivity contribution in [3.05, 3.63) is 0 Å². The van der Waals surface area contributed by atoms with Crippen molar-refractivity contribution >= 4 is 11.7 Å². The number of halogens is 3. The van der Waals surface area contributed by atoms with Crippen LogP contribution in [0.5, 0.6) is 0 Å². The number of carbonyl (C=O) groups excluding carboxylic acids is 2. The van der Waals surface area contributed by atoms with Crippen molar-refractivity contribution in [1.82, 2.24) is 5.32 Å². The average molecular weight is 472 g/mol. The number of alkyl halides is 3. The van der Waals surface area contributed by atoms with Crippen LogP contribution in [0, 0.1) is 46.3 Å². The van der Waals surface area contributed by atoms with Gasteiger partial charge in [-0.05, 0) is 91.3 Å². The molecule has 188 valence electrons. The summed E-state index contributed by atoms with van der Waals surface area (Å²) < 4.78 is 37.1. The molecule has 0 aromatic heterocycles. The Morgan fingerprint density at radius 3 is 2.52 bits per heavy atom. The first-order valence-electron chi connectivity index (χ1n) is 12.9. The minimum absolute atomic E-state index is 0.0395. The molecule has 0 radical (unpaired) electrons. The zero-order chi connectivity index (χ0) is 24.2. The maximum atomic E-state index is 12.4. The molecule has 4 rings (SSSR count). The second kappa shape index (κ2) is 8.83. The summed E-state index contributed by atoms with van der Waals surface area (Å²) in [7, 11) is 0. The fraction of sp³-hybridized carbons (Fsp3) is 0.923. The molecule has 9 atom stereocenters. The Balaban J connectivity index is 1.41. The first-order valence-corrected chi connectivity index (χ1v) is 12.9. The van der Waals surface area contributed by atoms with Crippen LogP contribution in [-0.2, 0) is 9.59 Å². The van der Waals surface area contributed by atoms with Crippen molar-refractivity contribution in [3.8, 4) is 0 Å². The maximum Gasteiger partial charge on any atom is 0.405 e. The van der Waals surface area contributed by atoms with Crippen molar-refractivity contribution in [2.75, 3.05) is 6.54 Å². The van der Waals surface area contributed by atoms with Crippen molar-refractivity contribution in [2.24, 2.45) is 46.3 Å². The number of hydrogen-bond donors (Lipinski definition) is 2. The smallest absolute Gasteiger partial charge is 0.393 e. The van der Waals surface area contributed by atoms with Gasteiger partial charge >= 0.3 is 6.18 Å². The lowest BCUT2D eigenvalue weighted by molar-refractivity contribution is -0.166. The van der Waals surface area contributed by atoms with Gasteiger partial charge in [0.05, 0.1) is 6.10 Å². The molecule has 0 aliphatic heterocycles. The van der Waals surface area contributed by atoms with E-state index in [1.165, 1.54) is 0 Å². The standard InChI is InChI=1S/C26H40F3NO3/c1-15(4-7-23(33)30-14-26(27,28)29)18-5-6-19-17-13-22(32)21-12-16(31)8-10-25(21,3)20(17)9-11-24(18,19)2/h15,17-22,32H,4-14H2,1-3H3,(H,30,33)/t15?,17?,18?,19?,20?,21-,22-,24?,25?/m0/s1. The highest BCUT2D eigenvalue weighted by Gasteiger charge is 2.62. The van der Waals surface area contributed by atoms with Gasteiger partial charge in [0.25, 0.3) is 0 Å². The number of aliphatic hydroxyl groups excluding tert-OH is 1. The van der Waals surface area contributed by atoms with E-state index in [4.69, 9.17) is 0 Å². The van der Waals surface area contributed by atoms with Crippen LogP contribution in [0.15, 0.2) is 0 Å². The Hall–Kier alpha value is -1.11. The van der Waals surface area contributed by atoms with Gasteiger partial charge in [-0.25, -0.2) is 0 Å². The number of hydrogen-bond acceptors (Lipinski definition) is 3. The van der Waals surface area contributed by atoms with Crippen LogP contribution in [0.1, 0.15) is 85.0 Å². The van der Waals surface area contributed by atoms with E-state index in [0.29, 0.717) is 48.7 Å². The third-order valence-electron chi connectivity index (χ3n) is 10.6. The summed E-state index contributed by atoms with van der Waals surface area (Å²) in [5, 5.41) is 13.1. The summed E-state index contributed by atoms with van der Waals surface area (Å²) in [5.74, 6) is 2.16. The Bertz CT molecular complexity index is 770. The zero-order valence-electron chi connectivity index (χ0n) is 20.2. The van der Waals surface area contributed by atoms with E-state index < -0.39 is 24.7 Å². The molecule has 4 fully saturated rings. The zero-order valence-corrected chi connectivity index (χ0v) is 20.2. The van der Waals surface area contributed by atoms with Gasteiger partial charge in [0.2, 0.25) is 5.91 Å². The maximum absolute atomic E-state index is 12.4. The molecule has 2 N–H and O–H groups in total. The third kappa shape index (κ3) is 4.60. The molecule has 4 nitrogen and oxygen atoms in total. The fourth-order valence-electron chi connectivity index (χ4n) is 8.91. The van der Waals surface area contributed by atoms with Crippen molar-refractivity contribution in [2.45, 2.75) is 97.3 Å². The topological polar surface area (TPSA) is 66.4 Å². The molecule has 7 heteroatoms. The van der Waals surface area contributed by atoms with E-state index in [9.17, 15) is 27.9 Å².